The lowest BCUT2D eigenvalue weighted by atomic mass is 10.1. The van der Waals surface area contributed by atoms with Crippen LogP contribution in [0.1, 0.15) is 60.8 Å². The van der Waals surface area contributed by atoms with Gasteiger partial charge in [0.1, 0.15) is 5.60 Å². The maximum Gasteiger partial charge on any atom is 0.410 e. The topological polar surface area (TPSA) is 38.8 Å². The van der Waals surface area contributed by atoms with Gasteiger partial charge >= 0.3 is 6.09 Å². The molecular formula is C16H32BrNO3. The van der Waals surface area contributed by atoms with Gasteiger partial charge in [0.2, 0.25) is 0 Å². The third-order valence-corrected chi connectivity index (χ3v) is 4.23. The van der Waals surface area contributed by atoms with E-state index in [0.717, 1.165) is 13.0 Å². The molecule has 1 amide bonds. The standard InChI is InChI=1S/C16H32BrNO3/c1-7-9-10-11-20-16(6,12-17)13-18(8-2)14(19)21-15(3,4)5/h7-13H2,1-6H3. The Balaban J connectivity index is 4.55. The zero-order valence-corrected chi connectivity index (χ0v) is 16.1. The molecule has 0 spiro atoms. The van der Waals surface area contributed by atoms with Crippen molar-refractivity contribution in [1.29, 1.82) is 0 Å². The van der Waals surface area contributed by atoms with Gasteiger partial charge in [-0.3, -0.25) is 0 Å². The van der Waals surface area contributed by atoms with Crippen LogP contribution in [0.4, 0.5) is 4.79 Å². The first-order chi connectivity index (χ1) is 9.67. The molecule has 0 fully saturated rings. The van der Waals surface area contributed by atoms with Crippen molar-refractivity contribution in [2.24, 2.45) is 0 Å². The Hall–Kier alpha value is -0.290. The van der Waals surface area contributed by atoms with Crippen LogP contribution in [-0.4, -0.2) is 47.2 Å². The molecule has 21 heavy (non-hydrogen) atoms. The highest BCUT2D eigenvalue weighted by atomic mass is 79.9. The molecule has 4 nitrogen and oxygen atoms in total. The van der Waals surface area contributed by atoms with Crippen molar-refractivity contribution < 1.29 is 14.3 Å². The Kier molecular flexibility index (Phi) is 9.54. The third kappa shape index (κ3) is 9.35. The minimum Gasteiger partial charge on any atom is -0.444 e. The lowest BCUT2D eigenvalue weighted by Gasteiger charge is -2.35. The van der Waals surface area contributed by atoms with Gasteiger partial charge in [0.05, 0.1) is 12.1 Å². The average Bonchev–Trinajstić information content (AvgIpc) is 2.39. The van der Waals surface area contributed by atoms with Crippen LogP contribution in [0.25, 0.3) is 0 Å². The Bertz CT molecular complexity index is 304. The van der Waals surface area contributed by atoms with Gasteiger partial charge in [-0.1, -0.05) is 35.7 Å². The second-order valence-corrected chi connectivity index (χ2v) is 7.19. The van der Waals surface area contributed by atoms with Gasteiger partial charge in [-0.05, 0) is 41.0 Å². The summed E-state index contributed by atoms with van der Waals surface area (Å²) in [6.07, 6.45) is 3.11. The van der Waals surface area contributed by atoms with E-state index in [9.17, 15) is 4.79 Å². The van der Waals surface area contributed by atoms with Crippen LogP contribution in [0, 0.1) is 0 Å². The number of hydrogen-bond acceptors (Lipinski definition) is 3. The van der Waals surface area contributed by atoms with E-state index in [0.29, 0.717) is 18.4 Å². The molecule has 0 aliphatic heterocycles. The summed E-state index contributed by atoms with van der Waals surface area (Å²) in [4.78, 5) is 13.9. The predicted octanol–water partition coefficient (Wildman–Crippen LogP) is 4.60. The van der Waals surface area contributed by atoms with E-state index >= 15 is 0 Å². The number of halogens is 1. The van der Waals surface area contributed by atoms with E-state index in [1.54, 1.807) is 4.90 Å². The van der Waals surface area contributed by atoms with Crippen LogP contribution in [0.15, 0.2) is 0 Å². The third-order valence-electron chi connectivity index (χ3n) is 3.04. The maximum absolute atomic E-state index is 12.2. The normalized spacial score (nSPS) is 14.6. The summed E-state index contributed by atoms with van der Waals surface area (Å²) in [6, 6.07) is 0. The fraction of sp³-hybridized carbons (Fsp3) is 0.938. The molecule has 1 unspecified atom stereocenters. The van der Waals surface area contributed by atoms with Gasteiger partial charge in [0, 0.05) is 18.5 Å². The zero-order chi connectivity index (χ0) is 16.5. The molecule has 0 saturated carbocycles. The highest BCUT2D eigenvalue weighted by Crippen LogP contribution is 2.19. The molecule has 0 heterocycles. The SMILES string of the molecule is CCCCCOC(C)(CBr)CN(CC)C(=O)OC(C)(C)C. The van der Waals surface area contributed by atoms with Crippen molar-refractivity contribution in [2.45, 2.75) is 72.0 Å². The summed E-state index contributed by atoms with van der Waals surface area (Å²) >= 11 is 3.51. The Morgan fingerprint density at radius 2 is 1.76 bits per heavy atom. The first-order valence-corrected chi connectivity index (χ1v) is 8.97. The minimum absolute atomic E-state index is 0.283. The summed E-state index contributed by atoms with van der Waals surface area (Å²) in [5.41, 5.74) is -0.863. The van der Waals surface area contributed by atoms with Gasteiger partial charge in [-0.15, -0.1) is 0 Å². The second-order valence-electron chi connectivity index (χ2n) is 6.63. The number of amides is 1. The van der Waals surface area contributed by atoms with E-state index in [4.69, 9.17) is 9.47 Å². The molecule has 0 radical (unpaired) electrons. The van der Waals surface area contributed by atoms with Gasteiger partial charge in [0.25, 0.3) is 0 Å². The lowest BCUT2D eigenvalue weighted by molar-refractivity contribution is -0.0433. The molecule has 1 atom stereocenters. The van der Waals surface area contributed by atoms with E-state index in [-0.39, 0.29) is 11.7 Å². The molecule has 0 aromatic heterocycles. The molecule has 0 N–H and O–H groups in total. The maximum atomic E-state index is 12.2. The number of unbranched alkanes of at least 4 members (excludes halogenated alkanes) is 2. The predicted molar refractivity (Wildman–Crippen MR) is 91.2 cm³/mol. The molecule has 0 bridgehead atoms. The van der Waals surface area contributed by atoms with Crippen LogP contribution in [0.5, 0.6) is 0 Å². The fourth-order valence-corrected chi connectivity index (χ4v) is 2.17. The van der Waals surface area contributed by atoms with E-state index in [1.807, 2.05) is 34.6 Å². The summed E-state index contributed by atoms with van der Waals surface area (Å²) in [5, 5.41) is 0.686. The molecule has 126 valence electrons. The zero-order valence-electron chi connectivity index (χ0n) is 14.5. The first kappa shape index (κ1) is 20.7. The second kappa shape index (κ2) is 9.67. The highest BCUT2D eigenvalue weighted by Gasteiger charge is 2.30. The molecule has 0 aromatic carbocycles. The van der Waals surface area contributed by atoms with Crippen LogP contribution in [-0.2, 0) is 9.47 Å². The minimum atomic E-state index is -0.475. The van der Waals surface area contributed by atoms with Gasteiger partial charge < -0.3 is 14.4 Å². The number of hydrogen-bond donors (Lipinski definition) is 0. The van der Waals surface area contributed by atoms with Crippen molar-refractivity contribution in [2.75, 3.05) is 25.0 Å². The van der Waals surface area contributed by atoms with Crippen molar-refractivity contribution in [3.63, 3.8) is 0 Å². The summed E-state index contributed by atoms with van der Waals surface area (Å²) in [6.45, 7) is 13.6. The Morgan fingerprint density at radius 3 is 2.19 bits per heavy atom. The van der Waals surface area contributed by atoms with Crippen molar-refractivity contribution in [1.82, 2.24) is 4.90 Å². The van der Waals surface area contributed by atoms with E-state index in [2.05, 4.69) is 22.9 Å². The number of alkyl halides is 1. The quantitative estimate of drug-likeness (QED) is 0.442. The number of carbonyl (C=O) groups is 1. The molecule has 5 heteroatoms. The van der Waals surface area contributed by atoms with Gasteiger partial charge in [-0.2, -0.15) is 0 Å². The summed E-state index contributed by atoms with van der Waals surface area (Å²) < 4.78 is 11.4. The first-order valence-electron chi connectivity index (χ1n) is 7.85. The number of ether oxygens (including phenoxy) is 2. The Labute approximate surface area is 138 Å². The highest BCUT2D eigenvalue weighted by molar-refractivity contribution is 9.09. The largest absolute Gasteiger partial charge is 0.444 e. The number of carbonyl (C=O) groups excluding carboxylic acids is 1. The summed E-state index contributed by atoms with van der Waals surface area (Å²) in [7, 11) is 0. The van der Waals surface area contributed by atoms with Gasteiger partial charge in [-0.25, -0.2) is 4.79 Å². The number of rotatable bonds is 9. The fourth-order valence-electron chi connectivity index (χ4n) is 1.83. The van der Waals surface area contributed by atoms with Crippen molar-refractivity contribution in [3.8, 4) is 0 Å². The Morgan fingerprint density at radius 1 is 1.14 bits per heavy atom. The molecule has 0 saturated heterocycles. The van der Waals surface area contributed by atoms with Gasteiger partial charge in [0.15, 0.2) is 0 Å². The number of likely N-dealkylation sites (N-methyl/N-ethyl adjacent to an activating group) is 1. The summed E-state index contributed by atoms with van der Waals surface area (Å²) in [5.74, 6) is 0. The molecule has 0 rings (SSSR count). The molecule has 0 aliphatic carbocycles. The van der Waals surface area contributed by atoms with Crippen LogP contribution < -0.4 is 0 Å². The number of nitrogens with zero attached hydrogens (tertiary/aromatic N) is 1. The lowest BCUT2D eigenvalue weighted by Crippen LogP contribution is -2.48. The van der Waals surface area contributed by atoms with Crippen LogP contribution >= 0.6 is 15.9 Å². The molecule has 0 aliphatic rings. The van der Waals surface area contributed by atoms with E-state index in [1.165, 1.54) is 12.8 Å². The van der Waals surface area contributed by atoms with Crippen LogP contribution in [0.3, 0.4) is 0 Å². The average molecular weight is 366 g/mol. The van der Waals surface area contributed by atoms with Crippen molar-refractivity contribution >= 4 is 22.0 Å². The molecular weight excluding hydrogens is 334 g/mol. The van der Waals surface area contributed by atoms with Crippen molar-refractivity contribution in [3.05, 3.63) is 0 Å². The smallest absolute Gasteiger partial charge is 0.410 e. The van der Waals surface area contributed by atoms with Crippen LogP contribution in [0.2, 0.25) is 0 Å². The monoisotopic (exact) mass is 365 g/mol. The molecule has 0 aromatic rings. The van der Waals surface area contributed by atoms with E-state index < -0.39 is 5.60 Å².